The molecule has 0 radical (unpaired) electrons. The van der Waals surface area contributed by atoms with Crippen LogP contribution in [-0.4, -0.2) is 53.4 Å². The van der Waals surface area contributed by atoms with Crippen molar-refractivity contribution in [3.63, 3.8) is 0 Å². The summed E-state index contributed by atoms with van der Waals surface area (Å²) in [5.74, 6) is 0.191. The number of hydrogen-bond donors (Lipinski definition) is 0. The van der Waals surface area contributed by atoms with E-state index in [2.05, 4.69) is 51.7 Å². The first-order valence-electron chi connectivity index (χ1n) is 9.58. The molecule has 140 valence electrons. The largest absolute Gasteiger partial charge is 0.336 e. The number of allylic oxidation sites excluding steroid dienone is 3. The molecule has 5 heteroatoms. The van der Waals surface area contributed by atoms with Crippen LogP contribution in [0, 0.1) is 6.92 Å². The van der Waals surface area contributed by atoms with Crippen molar-refractivity contribution >= 4 is 22.8 Å². The molecule has 1 saturated heterocycles. The molecule has 0 unspecified atom stereocenters. The summed E-state index contributed by atoms with van der Waals surface area (Å²) >= 11 is 1.65. The van der Waals surface area contributed by atoms with E-state index in [1.54, 1.807) is 11.3 Å². The van der Waals surface area contributed by atoms with Crippen LogP contribution in [0.4, 0.5) is 0 Å². The molecular weight excluding hydrogens is 354 g/mol. The minimum Gasteiger partial charge on any atom is -0.336 e. The van der Waals surface area contributed by atoms with Crippen molar-refractivity contribution in [2.24, 2.45) is 0 Å². The Morgan fingerprint density at radius 3 is 2.63 bits per heavy atom. The predicted molar refractivity (Wildman–Crippen MR) is 111 cm³/mol. The Hall–Kier alpha value is -2.24. The van der Waals surface area contributed by atoms with E-state index < -0.39 is 0 Å². The molecule has 0 N–H and O–H groups in total. The molecule has 0 atom stereocenters. The van der Waals surface area contributed by atoms with E-state index in [1.807, 2.05) is 17.9 Å². The first kappa shape index (κ1) is 18.1. The number of rotatable bonds is 5. The zero-order valence-electron chi connectivity index (χ0n) is 15.7. The molecule has 2 aliphatic rings. The van der Waals surface area contributed by atoms with E-state index in [0.29, 0.717) is 0 Å². The zero-order valence-corrected chi connectivity index (χ0v) is 16.5. The highest BCUT2D eigenvalue weighted by atomic mass is 32.1. The lowest BCUT2D eigenvalue weighted by molar-refractivity contribution is -0.128. The Labute approximate surface area is 164 Å². The van der Waals surface area contributed by atoms with Gasteiger partial charge < -0.3 is 4.90 Å². The van der Waals surface area contributed by atoms with Crippen molar-refractivity contribution in [3.8, 4) is 0 Å². The monoisotopic (exact) mass is 379 g/mol. The molecule has 0 bridgehead atoms. The Morgan fingerprint density at radius 1 is 1.15 bits per heavy atom. The molecule has 1 aliphatic carbocycles. The quantitative estimate of drug-likeness (QED) is 0.797. The number of amides is 1. The van der Waals surface area contributed by atoms with Crippen LogP contribution in [0.1, 0.15) is 22.7 Å². The van der Waals surface area contributed by atoms with Crippen molar-refractivity contribution in [3.05, 3.63) is 69.7 Å². The number of benzene rings is 1. The van der Waals surface area contributed by atoms with Gasteiger partial charge in [-0.05, 0) is 37.0 Å². The Bertz CT molecular complexity index is 861. The predicted octanol–water partition coefficient (Wildman–Crippen LogP) is 3.55. The van der Waals surface area contributed by atoms with Gasteiger partial charge in [0.15, 0.2) is 0 Å². The van der Waals surface area contributed by atoms with E-state index in [4.69, 9.17) is 0 Å². The number of aromatic nitrogens is 1. The van der Waals surface area contributed by atoms with Crippen LogP contribution >= 0.6 is 11.3 Å². The van der Waals surface area contributed by atoms with Crippen molar-refractivity contribution in [1.82, 2.24) is 14.8 Å². The summed E-state index contributed by atoms with van der Waals surface area (Å²) in [5.41, 5.74) is 4.35. The fraction of sp³-hybridized carbons (Fsp3) is 0.364. The fourth-order valence-corrected chi connectivity index (χ4v) is 4.28. The lowest BCUT2D eigenvalue weighted by atomic mass is 10.1. The maximum absolute atomic E-state index is 12.9. The van der Waals surface area contributed by atoms with Gasteiger partial charge in [0.2, 0.25) is 5.91 Å². The summed E-state index contributed by atoms with van der Waals surface area (Å²) in [5, 5.41) is 3.13. The highest BCUT2D eigenvalue weighted by molar-refractivity contribution is 7.09. The Kier molecular flexibility index (Phi) is 5.50. The van der Waals surface area contributed by atoms with E-state index in [1.165, 1.54) is 5.56 Å². The smallest absolute Gasteiger partial charge is 0.250 e. The average molecular weight is 380 g/mol. The minimum absolute atomic E-state index is 0.191. The second-order valence-electron chi connectivity index (χ2n) is 7.15. The molecule has 1 aliphatic heterocycles. The first-order chi connectivity index (χ1) is 13.2. The second-order valence-corrected chi connectivity index (χ2v) is 8.22. The highest BCUT2D eigenvalue weighted by Crippen LogP contribution is 2.28. The van der Waals surface area contributed by atoms with Gasteiger partial charge in [-0.2, -0.15) is 0 Å². The molecule has 2 aromatic rings. The van der Waals surface area contributed by atoms with Gasteiger partial charge in [0, 0.05) is 43.7 Å². The summed E-state index contributed by atoms with van der Waals surface area (Å²) in [7, 11) is 0. The normalized spacial score (nSPS) is 17.7. The molecule has 1 amide bonds. The second kappa shape index (κ2) is 8.19. The van der Waals surface area contributed by atoms with Gasteiger partial charge in [0.05, 0.1) is 10.7 Å². The van der Waals surface area contributed by atoms with Crippen LogP contribution in [0.15, 0.2) is 53.4 Å². The average Bonchev–Trinajstić information content (AvgIpc) is 3.36. The van der Waals surface area contributed by atoms with E-state index in [-0.39, 0.29) is 5.91 Å². The van der Waals surface area contributed by atoms with Gasteiger partial charge in [-0.3, -0.25) is 9.69 Å². The lowest BCUT2D eigenvalue weighted by Gasteiger charge is -2.35. The van der Waals surface area contributed by atoms with Crippen LogP contribution in [0.2, 0.25) is 0 Å². The van der Waals surface area contributed by atoms with Crippen LogP contribution in [-0.2, 0) is 11.2 Å². The summed E-state index contributed by atoms with van der Waals surface area (Å²) in [6, 6.07) is 10.6. The summed E-state index contributed by atoms with van der Waals surface area (Å²) in [6.45, 7) is 6.61. The van der Waals surface area contributed by atoms with Crippen LogP contribution in [0.5, 0.6) is 0 Å². The van der Waals surface area contributed by atoms with Crippen molar-refractivity contribution in [2.45, 2.75) is 19.8 Å². The third kappa shape index (κ3) is 4.37. The van der Waals surface area contributed by atoms with Gasteiger partial charge in [-0.1, -0.05) is 36.4 Å². The first-order valence-corrected chi connectivity index (χ1v) is 10.5. The van der Waals surface area contributed by atoms with Crippen molar-refractivity contribution in [1.29, 1.82) is 0 Å². The standard InChI is InChI=1S/C22H25N3OS/c1-17-23-21(16-27-17)19-7-8-20(15-19)22(26)25-13-11-24(12-14-25)10-9-18-5-3-2-4-6-18/h2-7,15-16H,8-14H2,1H3. The van der Waals surface area contributed by atoms with E-state index >= 15 is 0 Å². The number of nitrogens with zero attached hydrogens (tertiary/aromatic N) is 3. The summed E-state index contributed by atoms with van der Waals surface area (Å²) in [4.78, 5) is 21.9. The zero-order chi connectivity index (χ0) is 18.6. The van der Waals surface area contributed by atoms with Gasteiger partial charge in [0.25, 0.3) is 0 Å². The van der Waals surface area contributed by atoms with E-state index in [9.17, 15) is 4.79 Å². The van der Waals surface area contributed by atoms with Gasteiger partial charge in [-0.15, -0.1) is 11.3 Å². The van der Waals surface area contributed by atoms with Gasteiger partial charge >= 0.3 is 0 Å². The molecule has 0 spiro atoms. The molecule has 4 rings (SSSR count). The molecule has 2 heterocycles. The molecule has 4 nitrogen and oxygen atoms in total. The number of hydrogen-bond acceptors (Lipinski definition) is 4. The van der Waals surface area contributed by atoms with Crippen LogP contribution < -0.4 is 0 Å². The molecule has 1 aromatic heterocycles. The lowest BCUT2D eigenvalue weighted by Crippen LogP contribution is -2.49. The number of carbonyl (C=O) groups excluding carboxylic acids is 1. The Balaban J connectivity index is 1.28. The fourth-order valence-electron chi connectivity index (χ4n) is 3.66. The van der Waals surface area contributed by atoms with Crippen LogP contribution in [0.3, 0.4) is 0 Å². The van der Waals surface area contributed by atoms with Crippen molar-refractivity contribution in [2.75, 3.05) is 32.7 Å². The summed E-state index contributed by atoms with van der Waals surface area (Å²) < 4.78 is 0. The van der Waals surface area contributed by atoms with Gasteiger partial charge in [-0.25, -0.2) is 4.98 Å². The summed E-state index contributed by atoms with van der Waals surface area (Å²) in [6.07, 6.45) is 5.94. The highest BCUT2D eigenvalue weighted by Gasteiger charge is 2.25. The number of piperazine rings is 1. The molecular formula is C22H25N3OS. The van der Waals surface area contributed by atoms with Gasteiger partial charge in [0.1, 0.15) is 0 Å². The van der Waals surface area contributed by atoms with Crippen molar-refractivity contribution < 1.29 is 4.79 Å². The molecule has 1 aromatic carbocycles. The maximum Gasteiger partial charge on any atom is 0.250 e. The number of aryl methyl sites for hydroxylation is 1. The molecule has 1 fully saturated rings. The number of carbonyl (C=O) groups is 1. The minimum atomic E-state index is 0.191. The third-order valence-electron chi connectivity index (χ3n) is 5.28. The van der Waals surface area contributed by atoms with E-state index in [0.717, 1.165) is 67.4 Å². The SMILES string of the molecule is Cc1nc(C2=CCC(C(=O)N3CCN(CCc4ccccc4)CC3)=C2)cs1. The Morgan fingerprint density at radius 2 is 1.93 bits per heavy atom. The molecule has 27 heavy (non-hydrogen) atoms. The maximum atomic E-state index is 12.9. The number of thiazole rings is 1. The third-order valence-corrected chi connectivity index (χ3v) is 6.05. The molecule has 0 saturated carbocycles. The topological polar surface area (TPSA) is 36.4 Å². The van der Waals surface area contributed by atoms with Crippen LogP contribution in [0.25, 0.3) is 5.57 Å².